The molecule has 0 spiro atoms. The predicted molar refractivity (Wildman–Crippen MR) is 62.5 cm³/mol. The molecule has 2 aliphatic rings. The van der Waals surface area contributed by atoms with E-state index in [2.05, 4.69) is 16.5 Å². The quantitative estimate of drug-likeness (QED) is 0.338. The Morgan fingerprint density at radius 1 is 1.38 bits per heavy atom. The number of hydrogen-bond donors (Lipinski definition) is 2. The summed E-state index contributed by atoms with van der Waals surface area (Å²) in [4.78, 5) is 4.59. The summed E-state index contributed by atoms with van der Waals surface area (Å²) in [6.07, 6.45) is 2.36. The molecule has 84 valence electrons. The second-order valence-electron chi connectivity index (χ2n) is 4.29. The summed E-state index contributed by atoms with van der Waals surface area (Å²) in [7, 11) is 0. The van der Waals surface area contributed by atoms with Crippen LogP contribution in [0.5, 0.6) is 5.75 Å². The Kier molecular flexibility index (Phi) is 2.29. The number of nitrogens with one attached hydrogen (secondary N) is 1. The molecule has 1 aromatic carbocycles. The minimum atomic E-state index is 0.168. The molecule has 0 bridgehead atoms. The molecular weight excluding hydrogens is 202 g/mol. The molecule has 4 heteroatoms. The first-order valence-electron chi connectivity index (χ1n) is 5.64. The van der Waals surface area contributed by atoms with Gasteiger partial charge in [0.05, 0.1) is 12.0 Å². The summed E-state index contributed by atoms with van der Waals surface area (Å²) in [5, 5.41) is 0. The standard InChI is InChI=1S/C12H15N3O/c13-15-12(14-8-5-6-8)10-7-16-11-4-2-1-3-9(10)11/h1-4,8,10H,5-7,13H2,(H,14,15). The molecule has 1 unspecified atom stereocenters. The van der Waals surface area contributed by atoms with Gasteiger partial charge >= 0.3 is 0 Å². The number of amidine groups is 1. The van der Waals surface area contributed by atoms with Crippen LogP contribution in [0.25, 0.3) is 0 Å². The van der Waals surface area contributed by atoms with Crippen LogP contribution in [0.3, 0.4) is 0 Å². The van der Waals surface area contributed by atoms with Gasteiger partial charge in [0, 0.05) is 5.56 Å². The number of para-hydroxylation sites is 1. The molecular formula is C12H15N3O. The minimum Gasteiger partial charge on any atom is -0.492 e. The molecule has 4 nitrogen and oxygen atoms in total. The Balaban J connectivity index is 1.90. The summed E-state index contributed by atoms with van der Waals surface area (Å²) >= 11 is 0. The summed E-state index contributed by atoms with van der Waals surface area (Å²) in [6, 6.07) is 8.53. The normalized spacial score (nSPS) is 23.8. The van der Waals surface area contributed by atoms with E-state index in [1.165, 1.54) is 18.4 Å². The molecule has 1 fully saturated rings. The van der Waals surface area contributed by atoms with E-state index >= 15 is 0 Å². The Hall–Kier alpha value is -1.55. The monoisotopic (exact) mass is 217 g/mol. The van der Waals surface area contributed by atoms with Gasteiger partial charge < -0.3 is 10.2 Å². The van der Waals surface area contributed by atoms with Crippen molar-refractivity contribution in [3.05, 3.63) is 29.8 Å². The highest BCUT2D eigenvalue weighted by Gasteiger charge is 2.30. The molecule has 3 rings (SSSR count). The zero-order valence-electron chi connectivity index (χ0n) is 9.02. The molecule has 1 atom stereocenters. The Labute approximate surface area is 94.5 Å². The lowest BCUT2D eigenvalue weighted by Gasteiger charge is -2.11. The van der Waals surface area contributed by atoms with Crippen molar-refractivity contribution in [3.63, 3.8) is 0 Å². The van der Waals surface area contributed by atoms with Crippen molar-refractivity contribution in [2.45, 2.75) is 24.8 Å². The SMILES string of the molecule is NNC(=NC1CC1)C1COc2ccccc21. The second-order valence-corrected chi connectivity index (χ2v) is 4.29. The van der Waals surface area contributed by atoms with Crippen LogP contribution < -0.4 is 16.0 Å². The molecule has 0 saturated heterocycles. The van der Waals surface area contributed by atoms with Crippen molar-refractivity contribution in [2.75, 3.05) is 6.61 Å². The third-order valence-electron chi connectivity index (χ3n) is 3.05. The van der Waals surface area contributed by atoms with Crippen molar-refractivity contribution in [1.82, 2.24) is 5.43 Å². The average Bonchev–Trinajstić information content (AvgIpc) is 3.04. The van der Waals surface area contributed by atoms with E-state index in [1.807, 2.05) is 18.2 Å². The minimum absolute atomic E-state index is 0.168. The van der Waals surface area contributed by atoms with Crippen LogP contribution in [0.15, 0.2) is 29.3 Å². The van der Waals surface area contributed by atoms with Crippen molar-refractivity contribution in [3.8, 4) is 5.75 Å². The zero-order valence-corrected chi connectivity index (χ0v) is 9.02. The van der Waals surface area contributed by atoms with Gasteiger partial charge in [-0.3, -0.25) is 4.99 Å². The predicted octanol–water partition coefficient (Wildman–Crippen LogP) is 1.19. The molecule has 0 radical (unpaired) electrons. The maximum atomic E-state index is 5.62. The van der Waals surface area contributed by atoms with Gasteiger partial charge in [0.15, 0.2) is 0 Å². The fraction of sp³-hybridized carbons (Fsp3) is 0.417. The lowest BCUT2D eigenvalue weighted by Crippen LogP contribution is -2.36. The van der Waals surface area contributed by atoms with Gasteiger partial charge in [-0.25, -0.2) is 5.84 Å². The van der Waals surface area contributed by atoms with Gasteiger partial charge in [-0.15, -0.1) is 0 Å². The van der Waals surface area contributed by atoms with Gasteiger partial charge in [-0.2, -0.15) is 0 Å². The molecule has 1 saturated carbocycles. The van der Waals surface area contributed by atoms with Crippen molar-refractivity contribution in [2.24, 2.45) is 10.8 Å². The highest BCUT2D eigenvalue weighted by molar-refractivity contribution is 5.90. The maximum Gasteiger partial charge on any atom is 0.123 e. The smallest absolute Gasteiger partial charge is 0.123 e. The number of aliphatic imine (C=N–C) groups is 1. The van der Waals surface area contributed by atoms with Crippen LogP contribution in [0.4, 0.5) is 0 Å². The third-order valence-corrected chi connectivity index (χ3v) is 3.05. The number of fused-ring (bicyclic) bond motifs is 1. The number of hydrazine groups is 1. The van der Waals surface area contributed by atoms with E-state index in [-0.39, 0.29) is 5.92 Å². The number of nitrogens with zero attached hydrogens (tertiary/aromatic N) is 1. The van der Waals surface area contributed by atoms with E-state index in [0.29, 0.717) is 12.6 Å². The van der Waals surface area contributed by atoms with Gasteiger partial charge in [0.1, 0.15) is 18.2 Å². The topological polar surface area (TPSA) is 59.6 Å². The van der Waals surface area contributed by atoms with Gasteiger partial charge in [0.25, 0.3) is 0 Å². The van der Waals surface area contributed by atoms with Gasteiger partial charge in [0.2, 0.25) is 0 Å². The van der Waals surface area contributed by atoms with E-state index < -0.39 is 0 Å². The number of ether oxygens (including phenoxy) is 1. The van der Waals surface area contributed by atoms with E-state index in [1.54, 1.807) is 0 Å². The molecule has 0 amide bonds. The van der Waals surface area contributed by atoms with Crippen LogP contribution in [0.2, 0.25) is 0 Å². The fourth-order valence-electron chi connectivity index (χ4n) is 2.02. The molecule has 3 N–H and O–H groups in total. The molecule has 16 heavy (non-hydrogen) atoms. The lowest BCUT2D eigenvalue weighted by atomic mass is 10.0. The van der Waals surface area contributed by atoms with Crippen LogP contribution in [0, 0.1) is 0 Å². The number of rotatable bonds is 2. The first-order valence-corrected chi connectivity index (χ1v) is 5.64. The first-order chi connectivity index (χ1) is 7.88. The maximum absolute atomic E-state index is 5.62. The third kappa shape index (κ3) is 1.65. The Morgan fingerprint density at radius 2 is 2.19 bits per heavy atom. The highest BCUT2D eigenvalue weighted by Crippen LogP contribution is 2.35. The summed E-state index contributed by atoms with van der Waals surface area (Å²) in [5.41, 5.74) is 3.91. The summed E-state index contributed by atoms with van der Waals surface area (Å²) < 4.78 is 5.62. The van der Waals surface area contributed by atoms with Crippen molar-refractivity contribution >= 4 is 5.84 Å². The van der Waals surface area contributed by atoms with Gasteiger partial charge in [-0.1, -0.05) is 18.2 Å². The van der Waals surface area contributed by atoms with E-state index in [4.69, 9.17) is 10.6 Å². The van der Waals surface area contributed by atoms with Crippen LogP contribution in [0.1, 0.15) is 24.3 Å². The van der Waals surface area contributed by atoms with E-state index in [9.17, 15) is 0 Å². The lowest BCUT2D eigenvalue weighted by molar-refractivity contribution is 0.348. The Bertz CT molecular complexity index is 426. The van der Waals surface area contributed by atoms with Crippen LogP contribution >= 0.6 is 0 Å². The van der Waals surface area contributed by atoms with Crippen molar-refractivity contribution in [1.29, 1.82) is 0 Å². The molecule has 0 aromatic heterocycles. The Morgan fingerprint density at radius 3 is 2.94 bits per heavy atom. The highest BCUT2D eigenvalue weighted by atomic mass is 16.5. The van der Waals surface area contributed by atoms with Crippen LogP contribution in [-0.2, 0) is 0 Å². The van der Waals surface area contributed by atoms with Crippen molar-refractivity contribution < 1.29 is 4.74 Å². The molecule has 1 aliphatic heterocycles. The van der Waals surface area contributed by atoms with Gasteiger partial charge in [-0.05, 0) is 18.9 Å². The molecule has 1 aliphatic carbocycles. The largest absolute Gasteiger partial charge is 0.492 e. The van der Waals surface area contributed by atoms with Crippen LogP contribution in [-0.4, -0.2) is 18.5 Å². The first kappa shape index (κ1) is 9.66. The average molecular weight is 217 g/mol. The van der Waals surface area contributed by atoms with E-state index in [0.717, 1.165) is 11.6 Å². The summed E-state index contributed by atoms with van der Waals surface area (Å²) in [6.45, 7) is 0.634. The number of hydrogen-bond acceptors (Lipinski definition) is 3. The number of benzene rings is 1. The summed E-state index contributed by atoms with van der Waals surface area (Å²) in [5.74, 6) is 7.52. The zero-order chi connectivity index (χ0) is 11.0. The fourth-order valence-corrected chi connectivity index (χ4v) is 2.02. The second kappa shape index (κ2) is 3.79. The number of nitrogens with two attached hydrogens (primary N) is 1. The molecule has 1 aromatic rings. The molecule has 1 heterocycles.